The molecule has 6 nitrogen and oxygen atoms in total. The topological polar surface area (TPSA) is 72.4 Å². The van der Waals surface area contributed by atoms with Gasteiger partial charge < -0.3 is 4.74 Å². The maximum atomic E-state index is 13.1. The van der Waals surface area contributed by atoms with Crippen molar-refractivity contribution in [2.24, 2.45) is 0 Å². The van der Waals surface area contributed by atoms with Crippen molar-refractivity contribution in [3.8, 4) is 11.3 Å². The Morgan fingerprint density at radius 3 is 2.38 bits per heavy atom. The Morgan fingerprint density at radius 2 is 1.78 bits per heavy atom. The lowest BCUT2D eigenvalue weighted by molar-refractivity contribution is -0.151. The first-order valence-corrected chi connectivity index (χ1v) is 9.71. The molecule has 3 aromatic rings. The monoisotopic (exact) mass is 463 g/mol. The van der Waals surface area contributed by atoms with Gasteiger partial charge in [-0.05, 0) is 49.4 Å². The number of anilines is 2. The lowest BCUT2D eigenvalue weighted by Gasteiger charge is -2.24. The number of carbonyl (C=O) groups is 2. The Bertz CT molecular complexity index is 1140. The average Bonchev–Trinajstić information content (AvgIpc) is 2.73. The molecule has 0 bridgehead atoms. The zero-order valence-electron chi connectivity index (χ0n) is 16.9. The second-order valence-corrected chi connectivity index (χ2v) is 7.16. The largest absolute Gasteiger partial charge is 0.453 e. The molecule has 0 radical (unpaired) electrons. The second-order valence-electron chi connectivity index (χ2n) is 6.72. The van der Waals surface area contributed by atoms with Gasteiger partial charge in [0, 0.05) is 23.7 Å². The zero-order valence-corrected chi connectivity index (χ0v) is 17.7. The van der Waals surface area contributed by atoms with Crippen LogP contribution in [0, 0.1) is 0 Å². The van der Waals surface area contributed by atoms with Crippen LogP contribution < -0.4 is 4.90 Å². The number of rotatable bonds is 5. The van der Waals surface area contributed by atoms with E-state index < -0.39 is 29.7 Å². The lowest BCUT2D eigenvalue weighted by Crippen LogP contribution is -2.37. The number of carbonyl (C=O) groups excluding carboxylic acids is 2. The molecule has 0 saturated carbocycles. The third-order valence-electron chi connectivity index (χ3n) is 4.33. The molecule has 1 unspecified atom stereocenters. The number of esters is 1. The van der Waals surface area contributed by atoms with E-state index in [0.29, 0.717) is 16.3 Å². The van der Waals surface area contributed by atoms with Crippen LogP contribution in [0.2, 0.25) is 5.02 Å². The maximum absolute atomic E-state index is 13.1. The van der Waals surface area contributed by atoms with E-state index in [1.54, 1.807) is 30.3 Å². The van der Waals surface area contributed by atoms with Crippen molar-refractivity contribution in [3.05, 3.63) is 71.4 Å². The smallest absolute Gasteiger partial charge is 0.416 e. The van der Waals surface area contributed by atoms with Gasteiger partial charge in [0.2, 0.25) is 5.95 Å². The summed E-state index contributed by atoms with van der Waals surface area (Å²) in [5.41, 5.74) is 0.275. The Labute approximate surface area is 186 Å². The zero-order chi connectivity index (χ0) is 23.5. The summed E-state index contributed by atoms with van der Waals surface area (Å²) in [6.45, 7) is 2.49. The highest BCUT2D eigenvalue weighted by Crippen LogP contribution is 2.32. The van der Waals surface area contributed by atoms with Crippen molar-refractivity contribution in [1.29, 1.82) is 0 Å². The summed E-state index contributed by atoms with van der Waals surface area (Å²) in [6.07, 6.45) is -4.37. The predicted octanol–water partition coefficient (Wildman–Crippen LogP) is 5.43. The first-order chi connectivity index (χ1) is 15.1. The minimum atomic E-state index is -4.54. The van der Waals surface area contributed by atoms with Gasteiger partial charge in [-0.2, -0.15) is 13.2 Å². The minimum Gasteiger partial charge on any atom is -0.453 e. The van der Waals surface area contributed by atoms with Crippen LogP contribution in [0.5, 0.6) is 0 Å². The van der Waals surface area contributed by atoms with Crippen LogP contribution in [0.25, 0.3) is 11.3 Å². The summed E-state index contributed by atoms with van der Waals surface area (Å²) in [4.78, 5) is 33.9. The van der Waals surface area contributed by atoms with E-state index in [-0.39, 0.29) is 11.6 Å². The fourth-order valence-electron chi connectivity index (χ4n) is 2.89. The van der Waals surface area contributed by atoms with Crippen molar-refractivity contribution >= 4 is 35.1 Å². The molecule has 0 aliphatic rings. The van der Waals surface area contributed by atoms with Crippen LogP contribution in [0.15, 0.2) is 60.8 Å². The Hall–Kier alpha value is -3.46. The van der Waals surface area contributed by atoms with Gasteiger partial charge >= 0.3 is 12.1 Å². The molecule has 1 amide bonds. The van der Waals surface area contributed by atoms with E-state index in [1.165, 1.54) is 13.1 Å². The normalized spacial score (nSPS) is 12.2. The fourth-order valence-corrected chi connectivity index (χ4v) is 3.08. The summed E-state index contributed by atoms with van der Waals surface area (Å²) < 4.78 is 43.9. The molecular formula is C22H17ClF3N3O3. The minimum absolute atomic E-state index is 0.0743. The molecular weight excluding hydrogens is 447 g/mol. The van der Waals surface area contributed by atoms with Crippen molar-refractivity contribution in [2.75, 3.05) is 4.90 Å². The van der Waals surface area contributed by atoms with Crippen molar-refractivity contribution in [3.63, 3.8) is 0 Å². The van der Waals surface area contributed by atoms with Crippen LogP contribution >= 0.6 is 11.6 Å². The first kappa shape index (κ1) is 23.2. The van der Waals surface area contributed by atoms with Gasteiger partial charge in [-0.15, -0.1) is 0 Å². The highest BCUT2D eigenvalue weighted by atomic mass is 35.5. The van der Waals surface area contributed by atoms with Crippen LogP contribution in [0.3, 0.4) is 0 Å². The predicted molar refractivity (Wildman–Crippen MR) is 112 cm³/mol. The summed E-state index contributed by atoms with van der Waals surface area (Å²) >= 11 is 6.04. The Kier molecular flexibility index (Phi) is 6.78. The molecule has 1 heterocycles. The molecule has 0 N–H and O–H groups in total. The molecule has 32 heavy (non-hydrogen) atoms. The molecule has 1 aromatic heterocycles. The van der Waals surface area contributed by atoms with Gasteiger partial charge in [0.1, 0.15) is 0 Å². The number of hydrogen-bond donors (Lipinski definition) is 0. The summed E-state index contributed by atoms with van der Waals surface area (Å²) in [6, 6.07) is 12.4. The van der Waals surface area contributed by atoms with E-state index in [0.717, 1.165) is 36.1 Å². The highest BCUT2D eigenvalue weighted by molar-refractivity contribution is 6.30. The van der Waals surface area contributed by atoms with E-state index in [4.69, 9.17) is 16.3 Å². The van der Waals surface area contributed by atoms with E-state index >= 15 is 0 Å². The number of halogens is 4. The van der Waals surface area contributed by atoms with Crippen molar-refractivity contribution in [1.82, 2.24) is 9.97 Å². The number of amides is 1. The van der Waals surface area contributed by atoms with Crippen LogP contribution in [-0.4, -0.2) is 27.9 Å². The molecule has 3 rings (SSSR count). The average molecular weight is 464 g/mol. The molecule has 2 aromatic carbocycles. The number of benzene rings is 2. The number of alkyl halides is 3. The third-order valence-corrected chi connectivity index (χ3v) is 4.56. The second kappa shape index (κ2) is 9.35. The Morgan fingerprint density at radius 1 is 1.09 bits per heavy atom. The maximum Gasteiger partial charge on any atom is 0.416 e. The van der Waals surface area contributed by atoms with Gasteiger partial charge in [-0.25, -0.2) is 14.9 Å². The Balaban J connectivity index is 2.08. The van der Waals surface area contributed by atoms with Crippen LogP contribution in [0.4, 0.5) is 24.8 Å². The molecule has 0 aliphatic carbocycles. The van der Waals surface area contributed by atoms with Crippen molar-refractivity contribution < 1.29 is 27.5 Å². The van der Waals surface area contributed by atoms with Crippen LogP contribution in [-0.2, 0) is 20.5 Å². The molecule has 166 valence electrons. The van der Waals surface area contributed by atoms with E-state index in [9.17, 15) is 22.8 Å². The molecule has 0 spiro atoms. The summed E-state index contributed by atoms with van der Waals surface area (Å²) in [5.74, 6) is -1.53. The first-order valence-electron chi connectivity index (χ1n) is 9.33. The fraction of sp³-hybridized carbons (Fsp3) is 0.182. The quantitative estimate of drug-likeness (QED) is 0.472. The number of aromatic nitrogens is 2. The molecule has 0 fully saturated rings. The van der Waals surface area contributed by atoms with E-state index in [1.807, 2.05) is 0 Å². The van der Waals surface area contributed by atoms with E-state index in [2.05, 4.69) is 9.97 Å². The van der Waals surface area contributed by atoms with Gasteiger partial charge in [0.25, 0.3) is 5.91 Å². The SMILES string of the molecule is CC(=O)OC(C)C(=O)N(c1ccc(C(F)(F)F)cc1)c1nccc(-c2cccc(Cl)c2)n1. The standard InChI is InChI=1S/C22H17ClF3N3O3/c1-13(32-14(2)30)20(31)29(18-8-6-16(7-9-18)22(24,25)26)21-27-11-10-19(28-21)15-4-3-5-17(23)12-15/h3-13H,1-2H3. The molecule has 1 atom stereocenters. The lowest BCUT2D eigenvalue weighted by atomic mass is 10.1. The highest BCUT2D eigenvalue weighted by Gasteiger charge is 2.32. The number of nitrogens with zero attached hydrogens (tertiary/aromatic N) is 3. The molecule has 0 saturated heterocycles. The molecule has 10 heteroatoms. The van der Waals surface area contributed by atoms with Gasteiger partial charge in [-0.3, -0.25) is 9.59 Å². The van der Waals surface area contributed by atoms with Crippen LogP contribution in [0.1, 0.15) is 19.4 Å². The molecule has 0 aliphatic heterocycles. The van der Waals surface area contributed by atoms with Crippen molar-refractivity contribution in [2.45, 2.75) is 26.1 Å². The summed E-state index contributed by atoms with van der Waals surface area (Å²) in [7, 11) is 0. The third kappa shape index (κ3) is 5.42. The van der Waals surface area contributed by atoms with Gasteiger partial charge in [-0.1, -0.05) is 23.7 Å². The number of ether oxygens (including phenoxy) is 1. The number of hydrogen-bond acceptors (Lipinski definition) is 5. The summed E-state index contributed by atoms with van der Waals surface area (Å²) in [5, 5.41) is 0.474. The van der Waals surface area contributed by atoms with Gasteiger partial charge in [0.15, 0.2) is 6.10 Å². The van der Waals surface area contributed by atoms with Gasteiger partial charge in [0.05, 0.1) is 16.9 Å².